The van der Waals surface area contributed by atoms with Crippen LogP contribution in [0.15, 0.2) is 6.20 Å². The topological polar surface area (TPSA) is 96.9 Å². The number of rotatable bonds is 3. The predicted molar refractivity (Wildman–Crippen MR) is 46.0 cm³/mol. The smallest absolute Gasteiger partial charge is 0.296 e. The Bertz CT molecular complexity index is 496. The second-order valence-corrected chi connectivity index (χ2v) is 2.61. The first kappa shape index (κ1) is 11.6. The SMILES string of the molecule is N#Cc1c(C=O)ncc(C(F)F)c1[N+](=O)[O-]. The highest BCUT2D eigenvalue weighted by atomic mass is 19.3. The van der Waals surface area contributed by atoms with Gasteiger partial charge in [-0.2, -0.15) is 5.26 Å². The van der Waals surface area contributed by atoms with Gasteiger partial charge in [-0.3, -0.25) is 19.9 Å². The zero-order valence-corrected chi connectivity index (χ0v) is 7.55. The van der Waals surface area contributed by atoms with Crippen LogP contribution in [0, 0.1) is 21.4 Å². The number of nitro groups is 1. The Morgan fingerprint density at radius 3 is 2.62 bits per heavy atom. The molecule has 1 aromatic rings. The summed E-state index contributed by atoms with van der Waals surface area (Å²) >= 11 is 0. The standard InChI is InChI=1S/C8H3F2N3O3/c9-8(10)5-2-12-6(3-14)4(1-11)7(5)13(15)16/h2-3,8H. The summed E-state index contributed by atoms with van der Waals surface area (Å²) in [5, 5.41) is 19.1. The number of halogens is 2. The van der Waals surface area contributed by atoms with Crippen LogP contribution in [-0.2, 0) is 0 Å². The van der Waals surface area contributed by atoms with E-state index < -0.39 is 33.9 Å². The van der Waals surface area contributed by atoms with Crippen molar-refractivity contribution in [2.45, 2.75) is 6.43 Å². The molecule has 0 unspecified atom stereocenters. The third kappa shape index (κ3) is 1.83. The Kier molecular flexibility index (Phi) is 3.20. The van der Waals surface area contributed by atoms with Gasteiger partial charge >= 0.3 is 0 Å². The van der Waals surface area contributed by atoms with Crippen molar-refractivity contribution in [1.82, 2.24) is 4.98 Å². The van der Waals surface area contributed by atoms with Gasteiger partial charge in [-0.15, -0.1) is 0 Å². The summed E-state index contributed by atoms with van der Waals surface area (Å²) in [6.07, 6.45) is -2.52. The lowest BCUT2D eigenvalue weighted by Gasteiger charge is -2.03. The molecule has 0 radical (unpaired) electrons. The van der Waals surface area contributed by atoms with E-state index in [4.69, 9.17) is 5.26 Å². The van der Waals surface area contributed by atoms with Gasteiger partial charge in [0, 0.05) is 6.20 Å². The average Bonchev–Trinajstić information content (AvgIpc) is 2.26. The van der Waals surface area contributed by atoms with Crippen molar-refractivity contribution in [2.24, 2.45) is 0 Å². The molecule has 82 valence electrons. The van der Waals surface area contributed by atoms with Gasteiger partial charge < -0.3 is 0 Å². The van der Waals surface area contributed by atoms with E-state index in [1.165, 1.54) is 6.07 Å². The molecule has 6 nitrogen and oxygen atoms in total. The molecule has 0 saturated carbocycles. The number of hydrogen-bond donors (Lipinski definition) is 0. The van der Waals surface area contributed by atoms with E-state index in [9.17, 15) is 23.7 Å². The quantitative estimate of drug-likeness (QED) is 0.443. The molecule has 0 amide bonds. The van der Waals surface area contributed by atoms with E-state index in [-0.39, 0.29) is 6.29 Å². The third-order valence-electron chi connectivity index (χ3n) is 1.75. The maximum absolute atomic E-state index is 12.4. The largest absolute Gasteiger partial charge is 0.299 e. The molecule has 0 saturated heterocycles. The van der Waals surface area contributed by atoms with E-state index in [0.29, 0.717) is 6.20 Å². The van der Waals surface area contributed by atoms with Crippen LogP contribution < -0.4 is 0 Å². The van der Waals surface area contributed by atoms with Crippen LogP contribution in [0.3, 0.4) is 0 Å². The predicted octanol–water partition coefficient (Wildman–Crippen LogP) is 1.61. The average molecular weight is 227 g/mol. The Balaban J connectivity index is 3.65. The maximum atomic E-state index is 12.4. The second-order valence-electron chi connectivity index (χ2n) is 2.61. The van der Waals surface area contributed by atoms with Crippen molar-refractivity contribution in [1.29, 1.82) is 5.26 Å². The van der Waals surface area contributed by atoms with Gasteiger partial charge in [-0.1, -0.05) is 0 Å². The lowest BCUT2D eigenvalue weighted by Crippen LogP contribution is -2.04. The van der Waals surface area contributed by atoms with Crippen LogP contribution in [-0.4, -0.2) is 16.2 Å². The molecule has 0 aliphatic carbocycles. The summed E-state index contributed by atoms with van der Waals surface area (Å²) in [5.41, 5.74) is -3.34. The lowest BCUT2D eigenvalue weighted by molar-refractivity contribution is -0.386. The molecular formula is C8H3F2N3O3. The van der Waals surface area contributed by atoms with Crippen LogP contribution >= 0.6 is 0 Å². The lowest BCUT2D eigenvalue weighted by atomic mass is 10.1. The summed E-state index contributed by atoms with van der Waals surface area (Å²) in [5.74, 6) is 0. The van der Waals surface area contributed by atoms with Crippen LogP contribution in [0.25, 0.3) is 0 Å². The number of hydrogen-bond acceptors (Lipinski definition) is 5. The van der Waals surface area contributed by atoms with Gasteiger partial charge in [0.25, 0.3) is 12.1 Å². The van der Waals surface area contributed by atoms with Crippen molar-refractivity contribution in [3.8, 4) is 6.07 Å². The second kappa shape index (κ2) is 4.39. The number of nitriles is 1. The first-order valence-corrected chi connectivity index (χ1v) is 3.83. The molecule has 0 bridgehead atoms. The molecule has 0 aliphatic heterocycles. The zero-order chi connectivity index (χ0) is 12.3. The molecule has 0 atom stereocenters. The first-order valence-electron chi connectivity index (χ1n) is 3.83. The van der Waals surface area contributed by atoms with E-state index >= 15 is 0 Å². The highest BCUT2D eigenvalue weighted by Crippen LogP contribution is 2.31. The monoisotopic (exact) mass is 227 g/mol. The van der Waals surface area contributed by atoms with Crippen LogP contribution in [0.2, 0.25) is 0 Å². The van der Waals surface area contributed by atoms with Crippen molar-refractivity contribution in [2.75, 3.05) is 0 Å². The maximum Gasteiger partial charge on any atom is 0.299 e. The van der Waals surface area contributed by atoms with E-state index in [1.54, 1.807) is 0 Å². The molecule has 0 N–H and O–H groups in total. The molecule has 0 aromatic carbocycles. The van der Waals surface area contributed by atoms with Gasteiger partial charge in [0.15, 0.2) is 11.8 Å². The van der Waals surface area contributed by atoms with Gasteiger partial charge in [0.1, 0.15) is 17.3 Å². The summed E-state index contributed by atoms with van der Waals surface area (Å²) in [7, 11) is 0. The fourth-order valence-electron chi connectivity index (χ4n) is 1.09. The summed E-state index contributed by atoms with van der Waals surface area (Å²) in [6.45, 7) is 0. The Morgan fingerprint density at radius 2 is 2.25 bits per heavy atom. The number of carbonyl (C=O) groups is 1. The Labute approximate surface area is 87.3 Å². The summed E-state index contributed by atoms with van der Waals surface area (Å²) < 4.78 is 24.8. The van der Waals surface area contributed by atoms with Gasteiger partial charge in [-0.25, -0.2) is 8.78 Å². The minimum Gasteiger partial charge on any atom is -0.296 e. The highest BCUT2D eigenvalue weighted by Gasteiger charge is 2.29. The summed E-state index contributed by atoms with van der Waals surface area (Å²) in [6, 6.07) is 1.32. The zero-order valence-electron chi connectivity index (χ0n) is 7.55. The van der Waals surface area contributed by atoms with E-state index in [1.807, 2.05) is 0 Å². The third-order valence-corrected chi connectivity index (χ3v) is 1.75. The Hall–Kier alpha value is -2.43. The van der Waals surface area contributed by atoms with E-state index in [0.717, 1.165) is 0 Å². The van der Waals surface area contributed by atoms with Gasteiger partial charge in [-0.05, 0) is 0 Å². The number of carbonyl (C=O) groups excluding carboxylic acids is 1. The van der Waals surface area contributed by atoms with Crippen molar-refractivity contribution in [3.05, 3.63) is 33.1 Å². The number of aldehydes is 1. The fourth-order valence-corrected chi connectivity index (χ4v) is 1.09. The van der Waals surface area contributed by atoms with Crippen LogP contribution in [0.4, 0.5) is 14.5 Å². The van der Waals surface area contributed by atoms with Crippen LogP contribution in [0.5, 0.6) is 0 Å². The van der Waals surface area contributed by atoms with Crippen molar-refractivity contribution >= 4 is 12.0 Å². The first-order chi connectivity index (χ1) is 7.52. The minimum absolute atomic E-state index is 0.0980. The molecule has 0 aliphatic rings. The number of nitrogens with zero attached hydrogens (tertiary/aromatic N) is 3. The number of aromatic nitrogens is 1. The molecular weight excluding hydrogens is 224 g/mol. The van der Waals surface area contributed by atoms with Crippen molar-refractivity contribution in [3.63, 3.8) is 0 Å². The molecule has 1 rings (SSSR count). The van der Waals surface area contributed by atoms with Crippen LogP contribution in [0.1, 0.15) is 28.0 Å². The van der Waals surface area contributed by atoms with Gasteiger partial charge in [0.05, 0.1) is 4.92 Å². The number of alkyl halides is 2. The molecule has 0 fully saturated rings. The van der Waals surface area contributed by atoms with Crippen molar-refractivity contribution < 1.29 is 18.5 Å². The molecule has 1 aromatic heterocycles. The molecule has 0 spiro atoms. The Morgan fingerprint density at radius 1 is 1.62 bits per heavy atom. The molecule has 8 heteroatoms. The highest BCUT2D eigenvalue weighted by molar-refractivity contribution is 5.79. The normalized spacial score (nSPS) is 9.88. The minimum atomic E-state index is -3.14. The fraction of sp³-hybridized carbons (Fsp3) is 0.125. The molecule has 1 heterocycles. The molecule has 16 heavy (non-hydrogen) atoms. The summed E-state index contributed by atoms with van der Waals surface area (Å²) in [4.78, 5) is 23.1. The number of pyridine rings is 1. The van der Waals surface area contributed by atoms with Gasteiger partial charge in [0.2, 0.25) is 0 Å². The van der Waals surface area contributed by atoms with E-state index in [2.05, 4.69) is 4.98 Å².